The highest BCUT2D eigenvalue weighted by atomic mass is 16.5. The molecule has 0 aliphatic rings. The number of ether oxygens (including phenoxy) is 1. The van der Waals surface area contributed by atoms with Crippen molar-refractivity contribution in [1.29, 1.82) is 0 Å². The van der Waals surface area contributed by atoms with E-state index in [0.717, 1.165) is 29.9 Å². The summed E-state index contributed by atoms with van der Waals surface area (Å²) >= 11 is 0. The summed E-state index contributed by atoms with van der Waals surface area (Å²) in [7, 11) is 0. The molecule has 33 heavy (non-hydrogen) atoms. The molecule has 0 radical (unpaired) electrons. The predicted molar refractivity (Wildman–Crippen MR) is 141 cm³/mol. The van der Waals surface area contributed by atoms with Crippen LogP contribution in [0.3, 0.4) is 0 Å². The SMILES string of the molecule is CCCCCCCCOc1ccc(C#Cc2ccc(-c3cccc4ccccc34)cc2)cc1. The van der Waals surface area contributed by atoms with Crippen LogP contribution in [-0.4, -0.2) is 6.61 Å². The van der Waals surface area contributed by atoms with Crippen molar-refractivity contribution in [3.8, 4) is 28.7 Å². The van der Waals surface area contributed by atoms with Gasteiger partial charge in [0.25, 0.3) is 0 Å². The molecular weight excluding hydrogens is 400 g/mol. The Bertz CT molecular complexity index is 1200. The van der Waals surface area contributed by atoms with E-state index in [0.29, 0.717) is 0 Å². The van der Waals surface area contributed by atoms with Crippen molar-refractivity contribution in [3.63, 3.8) is 0 Å². The van der Waals surface area contributed by atoms with Crippen LogP contribution in [0.15, 0.2) is 91.0 Å². The summed E-state index contributed by atoms with van der Waals surface area (Å²) in [4.78, 5) is 0. The maximum atomic E-state index is 5.87. The van der Waals surface area contributed by atoms with Gasteiger partial charge in [-0.1, -0.05) is 105 Å². The van der Waals surface area contributed by atoms with Crippen molar-refractivity contribution >= 4 is 10.8 Å². The fraction of sp³-hybridized carbons (Fsp3) is 0.250. The Labute approximate surface area is 198 Å². The van der Waals surface area contributed by atoms with E-state index >= 15 is 0 Å². The van der Waals surface area contributed by atoms with Gasteiger partial charge < -0.3 is 4.74 Å². The highest BCUT2D eigenvalue weighted by Gasteiger charge is 2.03. The van der Waals surface area contributed by atoms with E-state index in [1.807, 2.05) is 24.3 Å². The van der Waals surface area contributed by atoms with Crippen molar-refractivity contribution in [1.82, 2.24) is 0 Å². The van der Waals surface area contributed by atoms with E-state index in [2.05, 4.69) is 85.5 Å². The first-order chi connectivity index (χ1) is 16.3. The molecule has 1 heteroatoms. The van der Waals surface area contributed by atoms with Gasteiger partial charge in [0, 0.05) is 11.1 Å². The summed E-state index contributed by atoms with van der Waals surface area (Å²) in [6, 6.07) is 31.6. The first-order valence-corrected chi connectivity index (χ1v) is 12.2. The standard InChI is InChI=1S/C32H32O/c1-2-3-4-5-6-9-25-33-30-23-19-27(20-24-30)16-15-26-17-21-29(22-18-26)32-14-10-12-28-11-7-8-13-31(28)32/h7-8,10-14,17-24H,2-6,9,25H2,1H3. The van der Waals surface area contributed by atoms with Gasteiger partial charge in [0.2, 0.25) is 0 Å². The van der Waals surface area contributed by atoms with Crippen molar-refractivity contribution in [2.75, 3.05) is 6.61 Å². The molecule has 1 nitrogen and oxygen atoms in total. The molecule has 0 unspecified atom stereocenters. The summed E-state index contributed by atoms with van der Waals surface area (Å²) in [5.74, 6) is 7.47. The average molecular weight is 433 g/mol. The Morgan fingerprint density at radius 3 is 2.00 bits per heavy atom. The molecule has 0 N–H and O–H groups in total. The van der Waals surface area contributed by atoms with E-state index in [4.69, 9.17) is 4.74 Å². The topological polar surface area (TPSA) is 9.23 Å². The van der Waals surface area contributed by atoms with E-state index in [1.54, 1.807) is 0 Å². The van der Waals surface area contributed by atoms with Crippen LogP contribution < -0.4 is 4.74 Å². The van der Waals surface area contributed by atoms with Gasteiger partial charge in [-0.2, -0.15) is 0 Å². The molecule has 166 valence electrons. The molecule has 0 aliphatic carbocycles. The Morgan fingerprint density at radius 2 is 1.24 bits per heavy atom. The van der Waals surface area contributed by atoms with E-state index < -0.39 is 0 Å². The Morgan fingerprint density at radius 1 is 0.606 bits per heavy atom. The van der Waals surface area contributed by atoms with Crippen LogP contribution in [0.4, 0.5) is 0 Å². The minimum Gasteiger partial charge on any atom is -0.494 e. The third-order valence-electron chi connectivity index (χ3n) is 5.96. The predicted octanol–water partition coefficient (Wildman–Crippen LogP) is 8.65. The Hall–Kier alpha value is -3.50. The first-order valence-electron chi connectivity index (χ1n) is 12.2. The van der Waals surface area contributed by atoms with Gasteiger partial charge in [0.05, 0.1) is 6.61 Å². The molecule has 0 saturated carbocycles. The van der Waals surface area contributed by atoms with Gasteiger partial charge in [-0.25, -0.2) is 0 Å². The Balaban J connectivity index is 1.33. The number of hydrogen-bond donors (Lipinski definition) is 0. The number of unbranched alkanes of at least 4 members (excludes halogenated alkanes) is 5. The lowest BCUT2D eigenvalue weighted by Crippen LogP contribution is -1.97. The van der Waals surface area contributed by atoms with E-state index in [1.165, 1.54) is 54.0 Å². The molecule has 0 spiro atoms. The fourth-order valence-electron chi connectivity index (χ4n) is 4.06. The van der Waals surface area contributed by atoms with Crippen LogP contribution in [0.5, 0.6) is 5.75 Å². The third kappa shape index (κ3) is 6.50. The summed E-state index contributed by atoms with van der Waals surface area (Å²) in [5, 5.41) is 2.54. The average Bonchev–Trinajstić information content (AvgIpc) is 2.88. The lowest BCUT2D eigenvalue weighted by Gasteiger charge is -2.07. The summed E-state index contributed by atoms with van der Waals surface area (Å²) in [5.41, 5.74) is 4.48. The maximum Gasteiger partial charge on any atom is 0.119 e. The zero-order valence-corrected chi connectivity index (χ0v) is 19.5. The highest BCUT2D eigenvalue weighted by Crippen LogP contribution is 2.28. The number of rotatable bonds is 9. The molecule has 0 aliphatic heterocycles. The smallest absolute Gasteiger partial charge is 0.119 e. The maximum absolute atomic E-state index is 5.87. The number of fused-ring (bicyclic) bond motifs is 1. The lowest BCUT2D eigenvalue weighted by molar-refractivity contribution is 0.304. The largest absolute Gasteiger partial charge is 0.494 e. The second kappa shape index (κ2) is 11.9. The molecule has 0 heterocycles. The van der Waals surface area contributed by atoms with Crippen LogP contribution in [0.1, 0.15) is 56.6 Å². The Kier molecular flexibility index (Phi) is 8.20. The third-order valence-corrected chi connectivity index (χ3v) is 5.96. The molecule has 0 atom stereocenters. The minimum atomic E-state index is 0.792. The van der Waals surface area contributed by atoms with Crippen molar-refractivity contribution in [2.45, 2.75) is 45.4 Å². The van der Waals surface area contributed by atoms with Crippen molar-refractivity contribution in [2.24, 2.45) is 0 Å². The fourth-order valence-corrected chi connectivity index (χ4v) is 4.06. The van der Waals surface area contributed by atoms with Crippen LogP contribution >= 0.6 is 0 Å². The molecule has 4 aromatic carbocycles. The molecule has 0 aromatic heterocycles. The van der Waals surface area contributed by atoms with Gasteiger partial charge in [-0.05, 0) is 64.7 Å². The zero-order chi connectivity index (χ0) is 22.7. The summed E-state index contributed by atoms with van der Waals surface area (Å²) in [6.45, 7) is 3.04. The van der Waals surface area contributed by atoms with Crippen LogP contribution in [0.25, 0.3) is 21.9 Å². The molecule has 0 fully saturated rings. The normalized spacial score (nSPS) is 10.6. The van der Waals surface area contributed by atoms with Crippen molar-refractivity contribution < 1.29 is 4.74 Å². The van der Waals surface area contributed by atoms with Gasteiger partial charge in [-0.15, -0.1) is 0 Å². The molecule has 0 saturated heterocycles. The first kappa shape index (κ1) is 22.7. The zero-order valence-electron chi connectivity index (χ0n) is 19.5. The molecule has 0 bridgehead atoms. The minimum absolute atomic E-state index is 0.792. The van der Waals surface area contributed by atoms with Crippen LogP contribution in [0.2, 0.25) is 0 Å². The monoisotopic (exact) mass is 432 g/mol. The second-order valence-corrected chi connectivity index (χ2v) is 8.49. The van der Waals surface area contributed by atoms with Crippen molar-refractivity contribution in [3.05, 3.63) is 102 Å². The summed E-state index contributed by atoms with van der Waals surface area (Å²) in [6.07, 6.45) is 7.67. The number of benzene rings is 4. The van der Waals surface area contributed by atoms with Crippen LogP contribution in [-0.2, 0) is 0 Å². The number of hydrogen-bond acceptors (Lipinski definition) is 1. The quantitative estimate of drug-likeness (QED) is 0.190. The highest BCUT2D eigenvalue weighted by molar-refractivity contribution is 5.96. The van der Waals surface area contributed by atoms with Gasteiger partial charge >= 0.3 is 0 Å². The molecule has 4 rings (SSSR count). The van der Waals surface area contributed by atoms with E-state index in [-0.39, 0.29) is 0 Å². The van der Waals surface area contributed by atoms with Gasteiger partial charge in [-0.3, -0.25) is 0 Å². The van der Waals surface area contributed by atoms with Crippen LogP contribution in [0, 0.1) is 11.8 Å². The molecular formula is C32H32O. The van der Waals surface area contributed by atoms with E-state index in [9.17, 15) is 0 Å². The molecule has 4 aromatic rings. The summed E-state index contributed by atoms with van der Waals surface area (Å²) < 4.78 is 5.87. The second-order valence-electron chi connectivity index (χ2n) is 8.49. The van der Waals surface area contributed by atoms with Gasteiger partial charge in [0.15, 0.2) is 0 Å². The molecule has 0 amide bonds. The van der Waals surface area contributed by atoms with Gasteiger partial charge in [0.1, 0.15) is 5.75 Å². The lowest BCUT2D eigenvalue weighted by atomic mass is 9.97.